The standard InChI is InChI=1S/C26H23N3O4/c1-3-32-26(31)20-15-29(14-13-19-18-11-7-8-12-21(18)27-23(19)20)25(30)22-16(2)28-33-24(22)17-9-5-4-6-10-17/h4-12,15,27H,3,13-14H2,1-2H3. The molecule has 5 rings (SSSR count). The van der Waals surface area contributed by atoms with Crippen molar-refractivity contribution in [3.05, 3.63) is 83.3 Å². The lowest BCUT2D eigenvalue weighted by molar-refractivity contribution is -0.136. The minimum absolute atomic E-state index is 0.239. The van der Waals surface area contributed by atoms with Gasteiger partial charge < -0.3 is 19.1 Å². The van der Waals surface area contributed by atoms with Gasteiger partial charge in [0.15, 0.2) is 5.76 Å². The molecular weight excluding hydrogens is 418 g/mol. The Morgan fingerprint density at radius 1 is 1.12 bits per heavy atom. The van der Waals surface area contributed by atoms with Crippen molar-refractivity contribution in [2.24, 2.45) is 0 Å². The van der Waals surface area contributed by atoms with Crippen molar-refractivity contribution in [2.75, 3.05) is 13.2 Å². The monoisotopic (exact) mass is 441 g/mol. The fourth-order valence-electron chi connectivity index (χ4n) is 4.28. The Morgan fingerprint density at radius 3 is 2.67 bits per heavy atom. The first kappa shape index (κ1) is 20.8. The predicted octanol–water partition coefficient (Wildman–Crippen LogP) is 4.73. The van der Waals surface area contributed by atoms with Gasteiger partial charge in [0.1, 0.15) is 5.56 Å². The van der Waals surface area contributed by atoms with Gasteiger partial charge in [-0.15, -0.1) is 0 Å². The maximum absolute atomic E-state index is 13.7. The van der Waals surface area contributed by atoms with Gasteiger partial charge in [-0.2, -0.15) is 0 Å². The number of fused-ring (bicyclic) bond motifs is 3. The first-order valence-corrected chi connectivity index (χ1v) is 10.9. The van der Waals surface area contributed by atoms with Crippen LogP contribution in [0.3, 0.4) is 0 Å². The van der Waals surface area contributed by atoms with Crippen LogP contribution in [0.4, 0.5) is 0 Å². The molecule has 0 saturated carbocycles. The Morgan fingerprint density at radius 2 is 1.88 bits per heavy atom. The molecule has 33 heavy (non-hydrogen) atoms. The largest absolute Gasteiger partial charge is 0.462 e. The summed E-state index contributed by atoms with van der Waals surface area (Å²) in [5, 5.41) is 5.08. The molecule has 166 valence electrons. The zero-order chi connectivity index (χ0) is 22.9. The van der Waals surface area contributed by atoms with Crippen LogP contribution >= 0.6 is 0 Å². The molecule has 7 heteroatoms. The molecule has 0 fully saturated rings. The normalized spacial score (nSPS) is 13.4. The molecule has 0 aliphatic carbocycles. The number of benzene rings is 2. The molecule has 7 nitrogen and oxygen atoms in total. The number of carbonyl (C=O) groups is 2. The number of aryl methyl sites for hydroxylation is 1. The van der Waals surface area contributed by atoms with E-state index >= 15 is 0 Å². The Bertz CT molecular complexity index is 1380. The van der Waals surface area contributed by atoms with E-state index in [1.807, 2.05) is 54.6 Å². The average molecular weight is 441 g/mol. The zero-order valence-corrected chi connectivity index (χ0v) is 18.4. The van der Waals surface area contributed by atoms with E-state index < -0.39 is 5.97 Å². The molecule has 0 bridgehead atoms. The highest BCUT2D eigenvalue weighted by Crippen LogP contribution is 2.33. The number of esters is 1. The molecule has 1 N–H and O–H groups in total. The van der Waals surface area contributed by atoms with Crippen molar-refractivity contribution in [3.63, 3.8) is 0 Å². The molecule has 1 aliphatic heterocycles. The minimum Gasteiger partial charge on any atom is -0.462 e. The fourth-order valence-corrected chi connectivity index (χ4v) is 4.28. The fraction of sp³-hybridized carbons (Fsp3) is 0.192. The molecule has 0 saturated heterocycles. The number of hydrogen-bond acceptors (Lipinski definition) is 5. The van der Waals surface area contributed by atoms with Crippen molar-refractivity contribution in [3.8, 4) is 11.3 Å². The molecule has 4 aromatic rings. The van der Waals surface area contributed by atoms with E-state index in [0.29, 0.717) is 41.3 Å². The van der Waals surface area contributed by atoms with E-state index in [0.717, 1.165) is 22.0 Å². The zero-order valence-electron chi connectivity index (χ0n) is 18.4. The van der Waals surface area contributed by atoms with Crippen LogP contribution in [-0.4, -0.2) is 40.1 Å². The lowest BCUT2D eigenvalue weighted by Crippen LogP contribution is -2.28. The van der Waals surface area contributed by atoms with Gasteiger partial charge in [0.25, 0.3) is 5.91 Å². The number of aromatic amines is 1. The van der Waals surface area contributed by atoms with Crippen LogP contribution < -0.4 is 0 Å². The van der Waals surface area contributed by atoms with Crippen LogP contribution in [0.25, 0.3) is 27.8 Å². The number of hydrogen-bond donors (Lipinski definition) is 1. The van der Waals surface area contributed by atoms with Crippen LogP contribution in [0, 0.1) is 6.92 Å². The number of ether oxygens (including phenoxy) is 1. The first-order chi connectivity index (χ1) is 16.1. The van der Waals surface area contributed by atoms with Gasteiger partial charge in [-0.05, 0) is 31.9 Å². The third kappa shape index (κ3) is 3.61. The summed E-state index contributed by atoms with van der Waals surface area (Å²) < 4.78 is 10.9. The van der Waals surface area contributed by atoms with Crippen LogP contribution in [0.1, 0.15) is 34.2 Å². The third-order valence-electron chi connectivity index (χ3n) is 5.84. The van der Waals surface area contributed by atoms with Crippen molar-refractivity contribution < 1.29 is 18.8 Å². The molecule has 0 atom stereocenters. The number of para-hydroxylation sites is 1. The number of rotatable bonds is 4. The number of nitrogens with one attached hydrogen (secondary N) is 1. The van der Waals surface area contributed by atoms with Gasteiger partial charge in [-0.1, -0.05) is 53.7 Å². The number of aromatic nitrogens is 2. The van der Waals surface area contributed by atoms with Gasteiger partial charge in [0.05, 0.1) is 23.6 Å². The second kappa shape index (κ2) is 8.43. The summed E-state index contributed by atoms with van der Waals surface area (Å²) >= 11 is 0. The molecule has 2 aromatic carbocycles. The predicted molar refractivity (Wildman–Crippen MR) is 124 cm³/mol. The third-order valence-corrected chi connectivity index (χ3v) is 5.84. The summed E-state index contributed by atoms with van der Waals surface area (Å²) in [4.78, 5) is 31.5. The summed E-state index contributed by atoms with van der Waals surface area (Å²) in [5.41, 5.74) is 4.60. The Hall–Kier alpha value is -4.13. The van der Waals surface area contributed by atoms with Crippen LogP contribution in [0.2, 0.25) is 0 Å². The van der Waals surface area contributed by atoms with Gasteiger partial charge in [0.2, 0.25) is 0 Å². The highest BCUT2D eigenvalue weighted by molar-refractivity contribution is 6.18. The minimum atomic E-state index is -0.477. The summed E-state index contributed by atoms with van der Waals surface area (Å²) in [6.45, 7) is 4.14. The van der Waals surface area contributed by atoms with E-state index in [4.69, 9.17) is 9.26 Å². The number of carbonyl (C=O) groups excluding carboxylic acids is 2. The second-order valence-corrected chi connectivity index (χ2v) is 7.87. The van der Waals surface area contributed by atoms with E-state index in [9.17, 15) is 9.59 Å². The first-order valence-electron chi connectivity index (χ1n) is 10.9. The lowest BCUT2D eigenvalue weighted by Gasteiger charge is -2.18. The van der Waals surface area contributed by atoms with Gasteiger partial charge in [-0.25, -0.2) is 4.79 Å². The quantitative estimate of drug-likeness (QED) is 0.463. The number of H-pyrrole nitrogens is 1. The van der Waals surface area contributed by atoms with Gasteiger partial charge in [0, 0.05) is 29.2 Å². The number of nitrogens with zero attached hydrogens (tertiary/aromatic N) is 2. The molecular formula is C26H23N3O4. The molecule has 2 aromatic heterocycles. The van der Waals surface area contributed by atoms with E-state index in [-0.39, 0.29) is 12.5 Å². The summed E-state index contributed by atoms with van der Waals surface area (Å²) in [6.07, 6.45) is 2.16. The SMILES string of the molecule is CCOC(=O)C1=CN(C(=O)c2c(C)noc2-c2ccccc2)CCc2c1[nH]c1ccccc21. The van der Waals surface area contributed by atoms with E-state index in [1.54, 1.807) is 24.9 Å². The Labute approximate surface area is 190 Å². The second-order valence-electron chi connectivity index (χ2n) is 7.87. The molecule has 1 aliphatic rings. The topological polar surface area (TPSA) is 88.4 Å². The van der Waals surface area contributed by atoms with Crippen LogP contribution in [0.15, 0.2) is 65.3 Å². The maximum Gasteiger partial charge on any atom is 0.341 e. The molecule has 3 heterocycles. The van der Waals surface area contributed by atoms with Crippen LogP contribution in [0.5, 0.6) is 0 Å². The maximum atomic E-state index is 13.7. The highest BCUT2D eigenvalue weighted by Gasteiger charge is 2.30. The smallest absolute Gasteiger partial charge is 0.341 e. The van der Waals surface area contributed by atoms with Gasteiger partial charge >= 0.3 is 5.97 Å². The van der Waals surface area contributed by atoms with E-state index in [2.05, 4.69) is 10.1 Å². The number of amides is 1. The van der Waals surface area contributed by atoms with Crippen molar-refractivity contribution in [2.45, 2.75) is 20.3 Å². The summed E-state index contributed by atoms with van der Waals surface area (Å²) in [7, 11) is 0. The Balaban J connectivity index is 1.60. The molecule has 0 radical (unpaired) electrons. The average Bonchev–Trinajstić information content (AvgIpc) is 3.34. The Kier molecular flexibility index (Phi) is 5.30. The van der Waals surface area contributed by atoms with Crippen molar-refractivity contribution in [1.82, 2.24) is 15.0 Å². The highest BCUT2D eigenvalue weighted by atomic mass is 16.5. The summed E-state index contributed by atoms with van der Waals surface area (Å²) in [5.74, 6) is -0.336. The molecule has 1 amide bonds. The molecule has 0 unspecified atom stereocenters. The van der Waals surface area contributed by atoms with Crippen molar-refractivity contribution in [1.29, 1.82) is 0 Å². The molecule has 0 spiro atoms. The van der Waals surface area contributed by atoms with Gasteiger partial charge in [-0.3, -0.25) is 4.79 Å². The summed E-state index contributed by atoms with van der Waals surface area (Å²) in [6, 6.07) is 17.3. The van der Waals surface area contributed by atoms with E-state index in [1.165, 1.54) is 0 Å². The van der Waals surface area contributed by atoms with Crippen molar-refractivity contribution >= 4 is 28.4 Å². The lowest BCUT2D eigenvalue weighted by atomic mass is 10.0. The van der Waals surface area contributed by atoms with Crippen LogP contribution in [-0.2, 0) is 16.0 Å².